The molecule has 4 rings (SSSR count). The summed E-state index contributed by atoms with van der Waals surface area (Å²) >= 11 is 0. The van der Waals surface area contributed by atoms with E-state index < -0.39 is 0 Å². The number of hydrogen-bond donors (Lipinski definition) is 1. The van der Waals surface area contributed by atoms with Crippen LogP contribution in [0.1, 0.15) is 24.0 Å². The van der Waals surface area contributed by atoms with Crippen LogP contribution in [0.5, 0.6) is 0 Å². The van der Waals surface area contributed by atoms with Crippen molar-refractivity contribution in [2.24, 2.45) is 7.05 Å². The maximum atomic E-state index is 13.4. The molecular weight excluding hydrogens is 355 g/mol. The largest absolute Gasteiger partial charge is 0.381 e. The summed E-state index contributed by atoms with van der Waals surface area (Å²) in [5, 5.41) is 4.24. The van der Waals surface area contributed by atoms with Gasteiger partial charge in [-0.1, -0.05) is 30.3 Å². The molecule has 1 saturated heterocycles. The second-order valence-electron chi connectivity index (χ2n) is 7.64. The second kappa shape index (κ2) is 7.76. The molecule has 2 aromatic carbocycles. The van der Waals surface area contributed by atoms with Crippen LogP contribution >= 0.6 is 0 Å². The molecule has 0 radical (unpaired) electrons. The zero-order valence-corrected chi connectivity index (χ0v) is 16.1. The Morgan fingerprint density at radius 1 is 1.14 bits per heavy atom. The molecule has 2 heterocycles. The topological polar surface area (TPSA) is 43.3 Å². The number of carbonyl (C=O) groups is 1. The highest BCUT2D eigenvalue weighted by atomic mass is 19.1. The first-order valence-corrected chi connectivity index (χ1v) is 9.71. The van der Waals surface area contributed by atoms with Gasteiger partial charge in [0.25, 0.3) is 0 Å². The summed E-state index contributed by atoms with van der Waals surface area (Å²) in [5.74, 6) is -0.240. The van der Waals surface area contributed by atoms with Gasteiger partial charge in [-0.25, -0.2) is 4.39 Å². The molecule has 1 fully saturated rings. The number of hydrogen-bond acceptors (Lipinski definition) is 2. The number of nitrogens with zero attached hydrogens (tertiary/aromatic N) is 1. The number of para-hydroxylation sites is 1. The summed E-state index contributed by atoms with van der Waals surface area (Å²) in [6.07, 6.45) is 3.99. The number of amides is 1. The Balaban J connectivity index is 1.49. The minimum atomic E-state index is -0.244. The molecule has 1 aliphatic rings. The van der Waals surface area contributed by atoms with E-state index in [1.54, 1.807) is 0 Å². The standard InChI is InChI=1S/C23H25FN2O2/c1-26-15-17(20-4-2-3-5-21(20)26)14-22(27)25-16-23(10-12-28-13-11-23)18-6-8-19(24)9-7-18/h2-9,15H,10-14,16H2,1H3,(H,25,27). The maximum absolute atomic E-state index is 13.4. The summed E-state index contributed by atoms with van der Waals surface area (Å²) in [7, 11) is 2.00. The Hall–Kier alpha value is -2.66. The first-order valence-electron chi connectivity index (χ1n) is 9.71. The molecule has 5 heteroatoms. The Bertz CT molecular complexity index is 972. The molecule has 0 saturated carbocycles. The van der Waals surface area contributed by atoms with E-state index >= 15 is 0 Å². The fourth-order valence-corrected chi connectivity index (χ4v) is 4.20. The highest BCUT2D eigenvalue weighted by molar-refractivity contribution is 5.89. The molecule has 4 nitrogen and oxygen atoms in total. The Morgan fingerprint density at radius 2 is 1.86 bits per heavy atom. The second-order valence-corrected chi connectivity index (χ2v) is 7.64. The Labute approximate surface area is 164 Å². The van der Waals surface area contributed by atoms with Crippen LogP contribution in [0.25, 0.3) is 10.9 Å². The van der Waals surface area contributed by atoms with Crippen molar-refractivity contribution in [2.45, 2.75) is 24.7 Å². The van der Waals surface area contributed by atoms with Crippen LogP contribution in [0.3, 0.4) is 0 Å². The number of aryl methyl sites for hydroxylation is 1. The third kappa shape index (κ3) is 3.67. The molecule has 1 aliphatic heterocycles. The summed E-state index contributed by atoms with van der Waals surface area (Å²) < 4.78 is 21.0. The quantitative estimate of drug-likeness (QED) is 0.733. The number of aromatic nitrogens is 1. The Morgan fingerprint density at radius 3 is 2.61 bits per heavy atom. The zero-order valence-electron chi connectivity index (χ0n) is 16.1. The van der Waals surface area contributed by atoms with Gasteiger partial charge in [0.2, 0.25) is 5.91 Å². The highest BCUT2D eigenvalue weighted by Crippen LogP contribution is 2.34. The number of carbonyl (C=O) groups excluding carboxylic acids is 1. The van der Waals surface area contributed by atoms with Gasteiger partial charge in [-0.2, -0.15) is 0 Å². The lowest BCUT2D eigenvalue weighted by atomic mass is 9.74. The van der Waals surface area contributed by atoms with Gasteiger partial charge in [-0.3, -0.25) is 4.79 Å². The number of rotatable bonds is 5. The summed E-state index contributed by atoms with van der Waals surface area (Å²) in [5.41, 5.74) is 3.00. The molecule has 1 aromatic heterocycles. The predicted octanol–water partition coefficient (Wildman–Crippen LogP) is 3.72. The predicted molar refractivity (Wildman–Crippen MR) is 108 cm³/mol. The van der Waals surface area contributed by atoms with Crippen molar-refractivity contribution in [2.75, 3.05) is 19.8 Å². The summed E-state index contributed by atoms with van der Waals surface area (Å²) in [6, 6.07) is 14.8. The first-order chi connectivity index (χ1) is 13.6. The van der Waals surface area contributed by atoms with Crippen LogP contribution in [-0.4, -0.2) is 30.2 Å². The van der Waals surface area contributed by atoms with E-state index in [4.69, 9.17) is 4.74 Å². The fraction of sp³-hybridized carbons (Fsp3) is 0.348. The maximum Gasteiger partial charge on any atom is 0.224 e. The lowest BCUT2D eigenvalue weighted by Gasteiger charge is -2.38. The van der Waals surface area contributed by atoms with Crippen molar-refractivity contribution in [1.82, 2.24) is 9.88 Å². The van der Waals surface area contributed by atoms with Crippen LogP contribution in [0, 0.1) is 5.82 Å². The number of halogens is 1. The van der Waals surface area contributed by atoms with Crippen LogP contribution < -0.4 is 5.32 Å². The van der Waals surface area contributed by atoms with Crippen LogP contribution in [0.2, 0.25) is 0 Å². The van der Waals surface area contributed by atoms with Gasteiger partial charge in [0.05, 0.1) is 6.42 Å². The molecule has 3 aromatic rings. The van der Waals surface area contributed by atoms with E-state index in [0.29, 0.717) is 26.2 Å². The third-order valence-corrected chi connectivity index (χ3v) is 5.86. The average molecular weight is 380 g/mol. The number of ether oxygens (including phenoxy) is 1. The monoisotopic (exact) mass is 380 g/mol. The number of fused-ring (bicyclic) bond motifs is 1. The van der Waals surface area contributed by atoms with Crippen molar-refractivity contribution in [3.05, 3.63) is 71.7 Å². The molecule has 0 aliphatic carbocycles. The third-order valence-electron chi connectivity index (χ3n) is 5.86. The van der Waals surface area contributed by atoms with Gasteiger partial charge in [0.1, 0.15) is 5.82 Å². The van der Waals surface area contributed by atoms with Crippen molar-refractivity contribution < 1.29 is 13.9 Å². The normalized spacial score (nSPS) is 16.2. The lowest BCUT2D eigenvalue weighted by Crippen LogP contribution is -2.45. The van der Waals surface area contributed by atoms with E-state index in [2.05, 4.69) is 22.0 Å². The molecule has 146 valence electrons. The number of nitrogens with one attached hydrogen (secondary N) is 1. The summed E-state index contributed by atoms with van der Waals surface area (Å²) in [6.45, 7) is 1.83. The lowest BCUT2D eigenvalue weighted by molar-refractivity contribution is -0.120. The molecule has 0 atom stereocenters. The molecule has 0 bridgehead atoms. The van der Waals surface area contributed by atoms with Crippen molar-refractivity contribution in [1.29, 1.82) is 0 Å². The number of benzene rings is 2. The van der Waals surface area contributed by atoms with Gasteiger partial charge in [0.15, 0.2) is 0 Å². The van der Waals surface area contributed by atoms with Gasteiger partial charge in [-0.15, -0.1) is 0 Å². The smallest absolute Gasteiger partial charge is 0.224 e. The zero-order chi connectivity index (χ0) is 19.6. The van der Waals surface area contributed by atoms with E-state index in [1.807, 2.05) is 37.5 Å². The van der Waals surface area contributed by atoms with Crippen LogP contribution in [0.15, 0.2) is 54.7 Å². The highest BCUT2D eigenvalue weighted by Gasteiger charge is 2.34. The minimum absolute atomic E-state index is 0.00401. The first kappa shape index (κ1) is 18.7. The Kier molecular flexibility index (Phi) is 5.18. The molecule has 28 heavy (non-hydrogen) atoms. The van der Waals surface area contributed by atoms with E-state index in [-0.39, 0.29) is 17.1 Å². The molecule has 1 N–H and O–H groups in total. The van der Waals surface area contributed by atoms with E-state index in [1.165, 1.54) is 12.1 Å². The fourth-order valence-electron chi connectivity index (χ4n) is 4.20. The van der Waals surface area contributed by atoms with E-state index in [9.17, 15) is 9.18 Å². The van der Waals surface area contributed by atoms with E-state index in [0.717, 1.165) is 34.9 Å². The van der Waals surface area contributed by atoms with Gasteiger partial charge >= 0.3 is 0 Å². The molecular formula is C23H25FN2O2. The molecule has 0 spiro atoms. The van der Waals surface area contributed by atoms with Crippen LogP contribution in [0.4, 0.5) is 4.39 Å². The SMILES string of the molecule is Cn1cc(CC(=O)NCC2(c3ccc(F)cc3)CCOCC2)c2ccccc21. The molecule has 1 amide bonds. The van der Waals surface area contributed by atoms with Gasteiger partial charge in [0, 0.05) is 49.3 Å². The minimum Gasteiger partial charge on any atom is -0.381 e. The van der Waals surface area contributed by atoms with Crippen molar-refractivity contribution >= 4 is 16.8 Å². The molecule has 0 unspecified atom stereocenters. The van der Waals surface area contributed by atoms with Crippen molar-refractivity contribution in [3.8, 4) is 0 Å². The van der Waals surface area contributed by atoms with Gasteiger partial charge in [-0.05, 0) is 42.2 Å². The van der Waals surface area contributed by atoms with Gasteiger partial charge < -0.3 is 14.6 Å². The summed E-state index contributed by atoms with van der Waals surface area (Å²) in [4.78, 5) is 12.7. The van der Waals surface area contributed by atoms with Crippen molar-refractivity contribution in [3.63, 3.8) is 0 Å². The average Bonchev–Trinajstić information content (AvgIpc) is 3.03. The van der Waals surface area contributed by atoms with Crippen LogP contribution in [-0.2, 0) is 28.4 Å².